The van der Waals surface area contributed by atoms with Gasteiger partial charge in [0.15, 0.2) is 0 Å². The summed E-state index contributed by atoms with van der Waals surface area (Å²) in [5.41, 5.74) is -0.0575. The molecule has 1 rings (SSSR count). The van der Waals surface area contributed by atoms with Gasteiger partial charge in [0.05, 0.1) is 5.25 Å². The fourth-order valence-electron chi connectivity index (χ4n) is 2.86. The molecule has 114 valence electrons. The zero-order valence-electron chi connectivity index (χ0n) is 12.5. The smallest absolute Gasteiger partial charge is 0.150 e. The van der Waals surface area contributed by atoms with Crippen molar-refractivity contribution < 1.29 is 13.5 Å². The summed E-state index contributed by atoms with van der Waals surface area (Å²) in [7, 11) is -2.92. The van der Waals surface area contributed by atoms with Crippen molar-refractivity contribution in [1.29, 1.82) is 0 Å². The van der Waals surface area contributed by atoms with Crippen LogP contribution in [0.2, 0.25) is 0 Å². The van der Waals surface area contributed by atoms with Crippen molar-refractivity contribution in [3.8, 4) is 0 Å². The van der Waals surface area contributed by atoms with Crippen LogP contribution >= 0.6 is 0 Å². The predicted octanol–water partition coefficient (Wildman–Crippen LogP) is 1.73. The molecule has 2 N–H and O–H groups in total. The molecule has 0 aromatic heterocycles. The predicted molar refractivity (Wildman–Crippen MR) is 79.0 cm³/mol. The SMILES string of the molecule is CCC(CC)(CO)CNC1CCCC(S(C)(=O)=O)C1. The number of hydrogen-bond donors (Lipinski definition) is 2. The fourth-order valence-corrected chi connectivity index (χ4v) is 4.04. The summed E-state index contributed by atoms with van der Waals surface area (Å²) in [5.74, 6) is 0. The highest BCUT2D eigenvalue weighted by molar-refractivity contribution is 7.91. The summed E-state index contributed by atoms with van der Waals surface area (Å²) in [5, 5.41) is 12.9. The molecular weight excluding hydrogens is 262 g/mol. The molecule has 0 aromatic rings. The number of rotatable bonds is 7. The zero-order valence-corrected chi connectivity index (χ0v) is 13.3. The second kappa shape index (κ2) is 7.04. The van der Waals surface area contributed by atoms with Crippen molar-refractivity contribution in [2.75, 3.05) is 19.4 Å². The van der Waals surface area contributed by atoms with Gasteiger partial charge in [0, 0.05) is 30.9 Å². The highest BCUT2D eigenvalue weighted by Crippen LogP contribution is 2.27. The molecule has 0 aromatic carbocycles. The molecule has 0 saturated heterocycles. The van der Waals surface area contributed by atoms with Gasteiger partial charge in [-0.05, 0) is 32.1 Å². The van der Waals surface area contributed by atoms with Crippen LogP contribution in [-0.2, 0) is 9.84 Å². The van der Waals surface area contributed by atoms with Gasteiger partial charge in [-0.3, -0.25) is 0 Å². The Kier molecular flexibility index (Phi) is 6.27. The van der Waals surface area contributed by atoms with E-state index in [9.17, 15) is 13.5 Å². The molecule has 0 bridgehead atoms. The van der Waals surface area contributed by atoms with E-state index >= 15 is 0 Å². The second-order valence-electron chi connectivity index (χ2n) is 6.06. The largest absolute Gasteiger partial charge is 0.396 e. The van der Waals surface area contributed by atoms with Crippen molar-refractivity contribution in [2.45, 2.75) is 63.7 Å². The van der Waals surface area contributed by atoms with E-state index in [2.05, 4.69) is 19.2 Å². The molecule has 1 fully saturated rings. The lowest BCUT2D eigenvalue weighted by Gasteiger charge is -2.34. The van der Waals surface area contributed by atoms with E-state index in [0.29, 0.717) is 6.42 Å². The van der Waals surface area contributed by atoms with Crippen LogP contribution < -0.4 is 5.32 Å². The van der Waals surface area contributed by atoms with E-state index in [1.807, 2.05) is 0 Å². The average molecular weight is 291 g/mol. The van der Waals surface area contributed by atoms with E-state index in [-0.39, 0.29) is 23.3 Å². The Morgan fingerprint density at radius 3 is 2.37 bits per heavy atom. The molecule has 5 heteroatoms. The van der Waals surface area contributed by atoms with E-state index < -0.39 is 9.84 Å². The minimum atomic E-state index is -2.92. The van der Waals surface area contributed by atoms with Crippen LogP contribution in [0.5, 0.6) is 0 Å². The molecule has 1 aliphatic rings. The molecule has 1 saturated carbocycles. The van der Waals surface area contributed by atoms with Gasteiger partial charge in [0.1, 0.15) is 9.84 Å². The van der Waals surface area contributed by atoms with Gasteiger partial charge < -0.3 is 10.4 Å². The van der Waals surface area contributed by atoms with Gasteiger partial charge in [-0.2, -0.15) is 0 Å². The summed E-state index contributed by atoms with van der Waals surface area (Å²) in [6.07, 6.45) is 6.75. The first-order valence-electron chi connectivity index (χ1n) is 7.40. The number of nitrogens with one attached hydrogen (secondary N) is 1. The van der Waals surface area contributed by atoms with Gasteiger partial charge in [-0.25, -0.2) is 8.42 Å². The van der Waals surface area contributed by atoms with Gasteiger partial charge in [0.2, 0.25) is 0 Å². The average Bonchev–Trinajstić information content (AvgIpc) is 2.40. The molecule has 0 amide bonds. The van der Waals surface area contributed by atoms with Crippen LogP contribution in [0.3, 0.4) is 0 Å². The lowest BCUT2D eigenvalue weighted by molar-refractivity contribution is 0.107. The molecule has 2 atom stereocenters. The Balaban J connectivity index is 2.53. The lowest BCUT2D eigenvalue weighted by Crippen LogP contribution is -2.45. The summed E-state index contributed by atoms with van der Waals surface area (Å²) >= 11 is 0. The Morgan fingerprint density at radius 2 is 1.89 bits per heavy atom. The molecule has 0 spiro atoms. The quantitative estimate of drug-likeness (QED) is 0.750. The first-order valence-corrected chi connectivity index (χ1v) is 9.35. The van der Waals surface area contributed by atoms with Gasteiger partial charge in [-0.1, -0.05) is 20.3 Å². The maximum Gasteiger partial charge on any atom is 0.150 e. The van der Waals surface area contributed by atoms with Gasteiger partial charge >= 0.3 is 0 Å². The molecular formula is C14H29NO3S. The number of aliphatic hydroxyl groups is 1. The van der Waals surface area contributed by atoms with Crippen LogP contribution in [-0.4, -0.2) is 44.2 Å². The summed E-state index contributed by atoms with van der Waals surface area (Å²) in [4.78, 5) is 0. The summed E-state index contributed by atoms with van der Waals surface area (Å²) in [6.45, 7) is 5.16. The first kappa shape index (κ1) is 16.9. The highest BCUT2D eigenvalue weighted by atomic mass is 32.2. The normalized spacial score (nSPS) is 25.5. The highest BCUT2D eigenvalue weighted by Gasteiger charge is 2.31. The molecule has 0 aliphatic heterocycles. The van der Waals surface area contributed by atoms with Crippen LogP contribution in [0.1, 0.15) is 52.4 Å². The Hall–Kier alpha value is -0.130. The zero-order chi connectivity index (χ0) is 14.5. The standard InChI is InChI=1S/C14H29NO3S/c1-4-14(5-2,11-16)10-15-12-7-6-8-13(9-12)19(3,17)18/h12-13,15-16H,4-11H2,1-3H3. The minimum absolute atomic E-state index is 0.0575. The fraction of sp³-hybridized carbons (Fsp3) is 1.00. The summed E-state index contributed by atoms with van der Waals surface area (Å²) < 4.78 is 23.3. The molecule has 1 aliphatic carbocycles. The number of aliphatic hydroxyl groups excluding tert-OH is 1. The van der Waals surface area contributed by atoms with E-state index in [1.165, 1.54) is 6.26 Å². The van der Waals surface area contributed by atoms with E-state index in [4.69, 9.17) is 0 Å². The van der Waals surface area contributed by atoms with Crippen molar-refractivity contribution in [3.05, 3.63) is 0 Å². The first-order chi connectivity index (χ1) is 8.87. The Morgan fingerprint density at radius 1 is 1.26 bits per heavy atom. The number of hydrogen-bond acceptors (Lipinski definition) is 4. The summed E-state index contributed by atoms with van der Waals surface area (Å²) in [6, 6.07) is 0.275. The van der Waals surface area contributed by atoms with Crippen LogP contribution in [0.25, 0.3) is 0 Å². The molecule has 0 heterocycles. The third kappa shape index (κ3) is 4.72. The third-order valence-electron chi connectivity index (χ3n) is 4.83. The van der Waals surface area contributed by atoms with Gasteiger partial charge in [-0.15, -0.1) is 0 Å². The molecule has 4 nitrogen and oxygen atoms in total. The van der Waals surface area contributed by atoms with Crippen molar-refractivity contribution >= 4 is 9.84 Å². The monoisotopic (exact) mass is 291 g/mol. The van der Waals surface area contributed by atoms with Crippen molar-refractivity contribution in [1.82, 2.24) is 5.32 Å². The maximum atomic E-state index is 11.6. The minimum Gasteiger partial charge on any atom is -0.396 e. The Bertz CT molecular complexity index is 355. The maximum absolute atomic E-state index is 11.6. The Labute approximate surface area is 117 Å². The second-order valence-corrected chi connectivity index (χ2v) is 8.39. The van der Waals surface area contributed by atoms with E-state index in [1.54, 1.807) is 0 Å². The molecule has 2 unspecified atom stereocenters. The number of sulfone groups is 1. The lowest BCUT2D eigenvalue weighted by atomic mass is 9.82. The molecule has 0 radical (unpaired) electrons. The molecule has 19 heavy (non-hydrogen) atoms. The van der Waals surface area contributed by atoms with Crippen LogP contribution in [0, 0.1) is 5.41 Å². The van der Waals surface area contributed by atoms with Crippen molar-refractivity contribution in [3.63, 3.8) is 0 Å². The van der Waals surface area contributed by atoms with Gasteiger partial charge in [0.25, 0.3) is 0 Å². The van der Waals surface area contributed by atoms with Crippen molar-refractivity contribution in [2.24, 2.45) is 5.41 Å². The van der Waals surface area contributed by atoms with Crippen LogP contribution in [0.15, 0.2) is 0 Å². The third-order valence-corrected chi connectivity index (χ3v) is 6.47. The topological polar surface area (TPSA) is 66.4 Å². The van der Waals surface area contributed by atoms with E-state index in [0.717, 1.165) is 38.6 Å². The van der Waals surface area contributed by atoms with Crippen LogP contribution in [0.4, 0.5) is 0 Å².